The molecule has 100 valence electrons. The number of pyridine rings is 1. The Bertz CT molecular complexity index is 797. The van der Waals surface area contributed by atoms with Crippen molar-refractivity contribution in [1.29, 1.82) is 0 Å². The van der Waals surface area contributed by atoms with Gasteiger partial charge in [-0.15, -0.1) is 0 Å². The van der Waals surface area contributed by atoms with Crippen LogP contribution in [0.25, 0.3) is 22.0 Å². The topological polar surface area (TPSA) is 67.6 Å². The second-order valence-electron chi connectivity index (χ2n) is 4.43. The van der Waals surface area contributed by atoms with Gasteiger partial charge in [-0.25, -0.2) is 0 Å². The summed E-state index contributed by atoms with van der Waals surface area (Å²) in [5.41, 5.74) is 9.26. The molecule has 3 rings (SSSR count). The zero-order valence-electron chi connectivity index (χ0n) is 10.4. The number of benzene rings is 1. The fraction of sp³-hybridized carbons (Fsp3) is 0.0714. The molecule has 3 aromatic rings. The van der Waals surface area contributed by atoms with E-state index in [1.54, 1.807) is 18.5 Å². The van der Waals surface area contributed by atoms with E-state index in [2.05, 4.69) is 15.2 Å². The first-order valence-corrected chi connectivity index (χ1v) is 6.79. The predicted molar refractivity (Wildman–Crippen MR) is 84.8 cm³/mol. The first kappa shape index (κ1) is 13.0. The molecule has 20 heavy (non-hydrogen) atoms. The zero-order chi connectivity index (χ0) is 14.1. The SMILES string of the molecule is NC(=S)Cc1[nH]nc2ccc(-c3cnccc3Cl)cc12. The maximum atomic E-state index is 6.20. The maximum absolute atomic E-state index is 6.20. The van der Waals surface area contributed by atoms with Crippen molar-refractivity contribution in [2.75, 3.05) is 0 Å². The van der Waals surface area contributed by atoms with Crippen LogP contribution in [0, 0.1) is 0 Å². The van der Waals surface area contributed by atoms with Gasteiger partial charge in [0, 0.05) is 35.5 Å². The molecule has 0 radical (unpaired) electrons. The third-order valence-corrected chi connectivity index (χ3v) is 3.54. The van der Waals surface area contributed by atoms with Gasteiger partial charge in [0.25, 0.3) is 0 Å². The normalized spacial score (nSPS) is 10.8. The van der Waals surface area contributed by atoms with Crippen LogP contribution in [0.3, 0.4) is 0 Å². The molecule has 0 aliphatic heterocycles. The molecule has 0 atom stereocenters. The van der Waals surface area contributed by atoms with E-state index in [0.717, 1.165) is 27.7 Å². The van der Waals surface area contributed by atoms with E-state index < -0.39 is 0 Å². The highest BCUT2D eigenvalue weighted by molar-refractivity contribution is 7.80. The molecule has 2 aromatic heterocycles. The van der Waals surface area contributed by atoms with E-state index in [-0.39, 0.29) is 0 Å². The minimum atomic E-state index is 0.431. The summed E-state index contributed by atoms with van der Waals surface area (Å²) in [6.07, 6.45) is 3.91. The third kappa shape index (κ3) is 2.37. The van der Waals surface area contributed by atoms with Gasteiger partial charge in [-0.05, 0) is 23.8 Å². The lowest BCUT2D eigenvalue weighted by molar-refractivity contribution is 1.04. The molecular weight excluding hydrogens is 292 g/mol. The number of halogens is 1. The van der Waals surface area contributed by atoms with Crippen LogP contribution in [0.1, 0.15) is 5.69 Å². The van der Waals surface area contributed by atoms with E-state index in [9.17, 15) is 0 Å². The summed E-state index contributed by atoms with van der Waals surface area (Å²) >= 11 is 11.2. The molecule has 0 saturated heterocycles. The molecule has 4 nitrogen and oxygen atoms in total. The maximum Gasteiger partial charge on any atom is 0.0924 e. The molecule has 0 aliphatic carbocycles. The van der Waals surface area contributed by atoms with Crippen molar-refractivity contribution in [2.24, 2.45) is 5.73 Å². The van der Waals surface area contributed by atoms with Gasteiger partial charge < -0.3 is 5.73 Å². The first-order valence-electron chi connectivity index (χ1n) is 6.00. The molecule has 0 unspecified atom stereocenters. The quantitative estimate of drug-likeness (QED) is 0.730. The number of H-pyrrole nitrogens is 1. The number of nitrogens with two attached hydrogens (primary N) is 1. The van der Waals surface area contributed by atoms with Crippen LogP contribution < -0.4 is 5.73 Å². The Morgan fingerprint density at radius 1 is 1.35 bits per heavy atom. The Hall–Kier alpha value is -1.98. The fourth-order valence-electron chi connectivity index (χ4n) is 2.13. The molecule has 0 fully saturated rings. The van der Waals surface area contributed by atoms with Crippen molar-refractivity contribution < 1.29 is 0 Å². The molecule has 0 bridgehead atoms. The summed E-state index contributed by atoms with van der Waals surface area (Å²) in [6.45, 7) is 0. The van der Waals surface area contributed by atoms with Gasteiger partial charge in [0.2, 0.25) is 0 Å². The lowest BCUT2D eigenvalue weighted by atomic mass is 10.0. The van der Waals surface area contributed by atoms with Crippen molar-refractivity contribution >= 4 is 39.7 Å². The largest absolute Gasteiger partial charge is 0.393 e. The molecule has 1 aromatic carbocycles. The minimum absolute atomic E-state index is 0.431. The van der Waals surface area contributed by atoms with E-state index in [4.69, 9.17) is 29.6 Å². The Morgan fingerprint density at radius 3 is 2.95 bits per heavy atom. The number of fused-ring (bicyclic) bond motifs is 1. The number of hydrogen-bond acceptors (Lipinski definition) is 3. The van der Waals surface area contributed by atoms with Crippen molar-refractivity contribution in [2.45, 2.75) is 6.42 Å². The van der Waals surface area contributed by atoms with Gasteiger partial charge in [-0.1, -0.05) is 29.9 Å². The van der Waals surface area contributed by atoms with Crippen LogP contribution in [0.15, 0.2) is 36.7 Å². The van der Waals surface area contributed by atoms with Crippen molar-refractivity contribution in [1.82, 2.24) is 15.2 Å². The van der Waals surface area contributed by atoms with E-state index in [1.807, 2.05) is 18.2 Å². The molecule has 0 amide bonds. The minimum Gasteiger partial charge on any atom is -0.393 e. The summed E-state index contributed by atoms with van der Waals surface area (Å²) in [5, 5.41) is 8.87. The van der Waals surface area contributed by atoms with Crippen molar-refractivity contribution in [3.63, 3.8) is 0 Å². The van der Waals surface area contributed by atoms with Crippen LogP contribution >= 0.6 is 23.8 Å². The van der Waals surface area contributed by atoms with Crippen LogP contribution in [0.2, 0.25) is 5.02 Å². The van der Waals surface area contributed by atoms with Crippen LogP contribution in [0.5, 0.6) is 0 Å². The number of thiocarbonyl (C=S) groups is 1. The average molecular weight is 303 g/mol. The van der Waals surface area contributed by atoms with Gasteiger partial charge in [0.1, 0.15) is 0 Å². The lowest BCUT2D eigenvalue weighted by Gasteiger charge is -2.04. The average Bonchev–Trinajstić information content (AvgIpc) is 2.81. The second-order valence-corrected chi connectivity index (χ2v) is 5.36. The molecule has 0 aliphatic rings. The fourth-order valence-corrected chi connectivity index (χ4v) is 2.49. The standard InChI is InChI=1S/C14H11ClN4S/c15-11-3-4-17-7-10(11)8-1-2-12-9(5-8)13(19-18-12)6-14(16)20/h1-5,7H,6H2,(H2,16,20)(H,18,19). The highest BCUT2D eigenvalue weighted by Gasteiger charge is 2.09. The van der Waals surface area contributed by atoms with Gasteiger partial charge in [0.15, 0.2) is 0 Å². The third-order valence-electron chi connectivity index (χ3n) is 3.06. The molecule has 2 heterocycles. The second kappa shape index (κ2) is 5.19. The molecule has 3 N–H and O–H groups in total. The van der Waals surface area contributed by atoms with E-state index >= 15 is 0 Å². The van der Waals surface area contributed by atoms with E-state index in [0.29, 0.717) is 16.4 Å². The number of rotatable bonds is 3. The molecule has 0 spiro atoms. The smallest absolute Gasteiger partial charge is 0.0924 e. The Labute approximate surface area is 126 Å². The van der Waals surface area contributed by atoms with E-state index in [1.165, 1.54) is 0 Å². The monoisotopic (exact) mass is 302 g/mol. The highest BCUT2D eigenvalue weighted by atomic mass is 35.5. The van der Waals surface area contributed by atoms with Gasteiger partial charge >= 0.3 is 0 Å². The Kier molecular flexibility index (Phi) is 3.38. The number of nitrogens with one attached hydrogen (secondary N) is 1. The zero-order valence-corrected chi connectivity index (χ0v) is 12.0. The van der Waals surface area contributed by atoms with Gasteiger partial charge in [-0.2, -0.15) is 5.10 Å². The lowest BCUT2D eigenvalue weighted by Crippen LogP contribution is -2.11. The van der Waals surface area contributed by atoms with Crippen molar-refractivity contribution in [3.05, 3.63) is 47.4 Å². The number of aromatic nitrogens is 3. The summed E-state index contributed by atoms with van der Waals surface area (Å²) in [7, 11) is 0. The predicted octanol–water partition coefficient (Wildman–Crippen LogP) is 3.11. The number of hydrogen-bond donors (Lipinski definition) is 2. The van der Waals surface area contributed by atoms with Crippen LogP contribution in [-0.2, 0) is 6.42 Å². The first-order chi connectivity index (χ1) is 9.65. The summed E-state index contributed by atoms with van der Waals surface area (Å²) in [6, 6.07) is 7.70. The van der Waals surface area contributed by atoms with Crippen LogP contribution in [-0.4, -0.2) is 20.2 Å². The molecule has 0 saturated carbocycles. The summed E-state index contributed by atoms with van der Waals surface area (Å²) < 4.78 is 0. The highest BCUT2D eigenvalue weighted by Crippen LogP contribution is 2.29. The van der Waals surface area contributed by atoms with Gasteiger partial charge in [-0.3, -0.25) is 10.1 Å². The van der Waals surface area contributed by atoms with Crippen molar-refractivity contribution in [3.8, 4) is 11.1 Å². The number of nitrogens with zero attached hydrogens (tertiary/aromatic N) is 2. The summed E-state index contributed by atoms with van der Waals surface area (Å²) in [4.78, 5) is 4.54. The Morgan fingerprint density at radius 2 is 2.20 bits per heavy atom. The molecular formula is C14H11ClN4S. The molecule has 6 heteroatoms. The van der Waals surface area contributed by atoms with Crippen LogP contribution in [0.4, 0.5) is 0 Å². The Balaban J connectivity index is 2.14. The number of aromatic amines is 1. The van der Waals surface area contributed by atoms with Gasteiger partial charge in [0.05, 0.1) is 15.5 Å². The summed E-state index contributed by atoms with van der Waals surface area (Å²) in [5.74, 6) is 0.